The molecule has 1 heterocycles. The minimum atomic E-state index is -0.266. The van der Waals surface area contributed by atoms with Gasteiger partial charge in [-0.05, 0) is 24.3 Å². The number of rotatable bonds is 4. The van der Waals surface area contributed by atoms with Gasteiger partial charge in [-0.1, -0.05) is 39.9 Å². The maximum atomic E-state index is 11.8. The molecule has 1 aliphatic heterocycles. The van der Waals surface area contributed by atoms with Crippen LogP contribution in [0.4, 0.5) is 0 Å². The Labute approximate surface area is 128 Å². The fourth-order valence-corrected chi connectivity index (χ4v) is 2.74. The molecule has 1 saturated heterocycles. The Hall–Kier alpha value is -0.960. The largest absolute Gasteiger partial charge is 0.286 e. The quantitative estimate of drug-likeness (QED) is 0.630. The van der Waals surface area contributed by atoms with E-state index in [0.29, 0.717) is 15.6 Å². The number of nitrogens with zero attached hydrogens (tertiary/aromatic N) is 1. The average Bonchev–Trinajstić information content (AvgIpc) is 2.71. The third-order valence-electron chi connectivity index (χ3n) is 2.39. The van der Waals surface area contributed by atoms with E-state index in [-0.39, 0.29) is 18.5 Å². The molecule has 0 unspecified atom stereocenters. The molecule has 8 heteroatoms. The summed E-state index contributed by atoms with van der Waals surface area (Å²) in [6.45, 7) is 0.174. The first-order valence-electron chi connectivity index (χ1n) is 5.34. The molecular formula is C11H10BrN3O2S2. The zero-order chi connectivity index (χ0) is 13.8. The Morgan fingerprint density at radius 2 is 2.11 bits per heavy atom. The molecule has 1 aromatic carbocycles. The lowest BCUT2D eigenvalue weighted by Gasteiger charge is -2.16. The number of halogens is 1. The minimum Gasteiger partial charge on any atom is -0.286 e. The second kappa shape index (κ2) is 6.47. The van der Waals surface area contributed by atoms with Gasteiger partial charge >= 0.3 is 0 Å². The number of amides is 2. The summed E-state index contributed by atoms with van der Waals surface area (Å²) in [5.74, 6) is 0.0411. The molecule has 0 spiro atoms. The van der Waals surface area contributed by atoms with Crippen LogP contribution in [0.1, 0.15) is 10.4 Å². The smallest absolute Gasteiger partial charge is 0.265 e. The van der Waals surface area contributed by atoms with Crippen LogP contribution in [0.15, 0.2) is 28.7 Å². The second-order valence-corrected chi connectivity index (χ2v) is 6.20. The summed E-state index contributed by atoms with van der Waals surface area (Å²) < 4.78 is 1.43. The highest BCUT2D eigenvalue weighted by Gasteiger charge is 2.26. The lowest BCUT2D eigenvalue weighted by molar-refractivity contribution is -0.124. The lowest BCUT2D eigenvalue weighted by atomic mass is 10.2. The van der Waals surface area contributed by atoms with Gasteiger partial charge in [0.2, 0.25) is 5.91 Å². The van der Waals surface area contributed by atoms with Gasteiger partial charge in [0.15, 0.2) is 0 Å². The van der Waals surface area contributed by atoms with Crippen LogP contribution >= 0.6 is 39.9 Å². The van der Waals surface area contributed by atoms with Crippen molar-refractivity contribution < 1.29 is 9.59 Å². The molecule has 1 fully saturated rings. The SMILES string of the molecule is O=C(NNCN1C(=O)CSC1=S)c1ccc(Br)cc1. The topological polar surface area (TPSA) is 61.4 Å². The summed E-state index contributed by atoms with van der Waals surface area (Å²) in [7, 11) is 0. The predicted octanol–water partition coefficient (Wildman–Crippen LogP) is 1.50. The molecule has 0 aromatic heterocycles. The highest BCUT2D eigenvalue weighted by Crippen LogP contribution is 2.17. The molecule has 2 amide bonds. The summed E-state index contributed by atoms with van der Waals surface area (Å²) in [5.41, 5.74) is 5.74. The minimum absolute atomic E-state index is 0.0552. The number of thiocarbonyl (C=S) groups is 1. The number of carbonyl (C=O) groups is 2. The Morgan fingerprint density at radius 3 is 2.68 bits per heavy atom. The number of carbonyl (C=O) groups excluding carboxylic acids is 2. The van der Waals surface area contributed by atoms with Crippen LogP contribution in [0.3, 0.4) is 0 Å². The van der Waals surface area contributed by atoms with Crippen molar-refractivity contribution in [2.24, 2.45) is 0 Å². The van der Waals surface area contributed by atoms with E-state index < -0.39 is 0 Å². The van der Waals surface area contributed by atoms with Gasteiger partial charge in [0.05, 0.1) is 12.4 Å². The molecule has 1 aromatic rings. The third kappa shape index (κ3) is 3.75. The van der Waals surface area contributed by atoms with Crippen molar-refractivity contribution in [3.05, 3.63) is 34.3 Å². The van der Waals surface area contributed by atoms with Crippen molar-refractivity contribution in [2.75, 3.05) is 12.4 Å². The molecule has 2 N–H and O–H groups in total. The molecule has 19 heavy (non-hydrogen) atoms. The summed E-state index contributed by atoms with van der Waals surface area (Å²) in [5, 5.41) is 0. The Bertz CT molecular complexity index is 505. The zero-order valence-corrected chi connectivity index (χ0v) is 12.9. The first-order chi connectivity index (χ1) is 9.08. The van der Waals surface area contributed by atoms with E-state index >= 15 is 0 Å². The van der Waals surface area contributed by atoms with E-state index in [0.717, 1.165) is 4.47 Å². The van der Waals surface area contributed by atoms with E-state index in [4.69, 9.17) is 12.2 Å². The molecule has 0 atom stereocenters. The monoisotopic (exact) mass is 359 g/mol. The van der Waals surface area contributed by atoms with Gasteiger partial charge in [-0.25, -0.2) is 5.43 Å². The Morgan fingerprint density at radius 1 is 1.42 bits per heavy atom. The van der Waals surface area contributed by atoms with E-state index in [1.807, 2.05) is 0 Å². The van der Waals surface area contributed by atoms with Crippen LogP contribution in [0.5, 0.6) is 0 Å². The number of hydrogen-bond donors (Lipinski definition) is 2. The van der Waals surface area contributed by atoms with Crippen LogP contribution in [-0.2, 0) is 4.79 Å². The number of hydrazine groups is 1. The predicted molar refractivity (Wildman–Crippen MR) is 81.5 cm³/mol. The molecule has 0 aliphatic carbocycles. The Balaban J connectivity index is 1.82. The second-order valence-electron chi connectivity index (χ2n) is 3.67. The maximum absolute atomic E-state index is 11.8. The summed E-state index contributed by atoms with van der Waals surface area (Å²) in [6.07, 6.45) is 0. The summed E-state index contributed by atoms with van der Waals surface area (Å²) in [6, 6.07) is 6.96. The Kier molecular flexibility index (Phi) is 4.92. The summed E-state index contributed by atoms with van der Waals surface area (Å²) in [4.78, 5) is 24.6. The average molecular weight is 360 g/mol. The molecule has 0 saturated carbocycles. The van der Waals surface area contributed by atoms with Crippen molar-refractivity contribution in [3.63, 3.8) is 0 Å². The number of hydrogen-bond acceptors (Lipinski definition) is 5. The van der Waals surface area contributed by atoms with Crippen LogP contribution < -0.4 is 10.9 Å². The van der Waals surface area contributed by atoms with Crippen molar-refractivity contribution in [1.82, 2.24) is 15.8 Å². The zero-order valence-electron chi connectivity index (χ0n) is 9.68. The first-order valence-corrected chi connectivity index (χ1v) is 7.52. The number of nitrogens with one attached hydrogen (secondary N) is 2. The van der Waals surface area contributed by atoms with Gasteiger partial charge in [-0.3, -0.25) is 19.9 Å². The normalized spacial score (nSPS) is 14.9. The van der Waals surface area contributed by atoms with E-state index in [1.54, 1.807) is 24.3 Å². The highest BCUT2D eigenvalue weighted by molar-refractivity contribution is 9.10. The first kappa shape index (κ1) is 14.4. The number of thioether (sulfide) groups is 1. The standard InChI is InChI=1S/C11H10BrN3O2S2/c12-8-3-1-7(2-4-8)10(17)14-13-6-15-9(16)5-19-11(15)18/h1-4,13H,5-6H2,(H,14,17). The van der Waals surface area contributed by atoms with Crippen LogP contribution in [0, 0.1) is 0 Å². The maximum Gasteiger partial charge on any atom is 0.265 e. The number of benzene rings is 1. The van der Waals surface area contributed by atoms with Gasteiger partial charge in [-0.2, -0.15) is 0 Å². The van der Waals surface area contributed by atoms with Crippen molar-refractivity contribution >= 4 is 56.0 Å². The highest BCUT2D eigenvalue weighted by atomic mass is 79.9. The lowest BCUT2D eigenvalue weighted by Crippen LogP contribution is -2.46. The van der Waals surface area contributed by atoms with Crippen molar-refractivity contribution in [2.45, 2.75) is 0 Å². The van der Waals surface area contributed by atoms with Crippen molar-refractivity contribution in [3.8, 4) is 0 Å². The molecule has 100 valence electrons. The van der Waals surface area contributed by atoms with Gasteiger partial charge in [-0.15, -0.1) is 0 Å². The van der Waals surface area contributed by atoms with Crippen molar-refractivity contribution in [1.29, 1.82) is 0 Å². The van der Waals surface area contributed by atoms with Gasteiger partial charge in [0, 0.05) is 10.0 Å². The van der Waals surface area contributed by atoms with Crippen LogP contribution in [0.25, 0.3) is 0 Å². The van der Waals surface area contributed by atoms with E-state index in [1.165, 1.54) is 16.7 Å². The van der Waals surface area contributed by atoms with E-state index in [2.05, 4.69) is 26.8 Å². The van der Waals surface area contributed by atoms with Crippen LogP contribution in [0.2, 0.25) is 0 Å². The fourth-order valence-electron chi connectivity index (χ4n) is 1.41. The van der Waals surface area contributed by atoms with Gasteiger partial charge in [0.1, 0.15) is 4.32 Å². The molecule has 1 aliphatic rings. The fraction of sp³-hybridized carbons (Fsp3) is 0.182. The molecule has 5 nitrogen and oxygen atoms in total. The van der Waals surface area contributed by atoms with Gasteiger partial charge in [0.25, 0.3) is 5.91 Å². The van der Waals surface area contributed by atoms with Crippen LogP contribution in [-0.4, -0.2) is 33.5 Å². The van der Waals surface area contributed by atoms with Gasteiger partial charge < -0.3 is 0 Å². The molecular weight excluding hydrogens is 350 g/mol. The summed E-state index contributed by atoms with van der Waals surface area (Å²) >= 11 is 9.63. The molecule has 0 radical (unpaired) electrons. The van der Waals surface area contributed by atoms with E-state index in [9.17, 15) is 9.59 Å². The molecule has 2 rings (SSSR count). The molecule has 0 bridgehead atoms. The third-order valence-corrected chi connectivity index (χ3v) is 4.35.